The van der Waals surface area contributed by atoms with Crippen LogP contribution in [-0.2, 0) is 11.2 Å². The van der Waals surface area contributed by atoms with E-state index in [1.165, 1.54) is 0 Å². The van der Waals surface area contributed by atoms with Crippen molar-refractivity contribution in [3.8, 4) is 5.75 Å². The van der Waals surface area contributed by atoms with E-state index in [0.29, 0.717) is 6.42 Å². The van der Waals surface area contributed by atoms with E-state index in [-0.39, 0.29) is 0 Å². The molecule has 0 aliphatic carbocycles. The summed E-state index contributed by atoms with van der Waals surface area (Å²) < 4.78 is 5.08. The van der Waals surface area contributed by atoms with Crippen LogP contribution in [0, 0.1) is 0 Å². The first-order valence-electron chi connectivity index (χ1n) is 4.63. The van der Waals surface area contributed by atoms with Crippen molar-refractivity contribution in [1.29, 1.82) is 0 Å². The fraction of sp³-hybridized carbons (Fsp3) is 0.364. The van der Waals surface area contributed by atoms with E-state index in [9.17, 15) is 4.79 Å². The highest BCUT2D eigenvalue weighted by atomic mass is 79.9. The van der Waals surface area contributed by atoms with Crippen molar-refractivity contribution < 1.29 is 14.6 Å². The van der Waals surface area contributed by atoms with Crippen LogP contribution >= 0.6 is 15.9 Å². The monoisotopic (exact) mass is 272 g/mol. The van der Waals surface area contributed by atoms with Crippen molar-refractivity contribution in [1.82, 2.24) is 0 Å². The molecule has 0 spiro atoms. The normalized spacial score (nSPS) is 12.1. The Morgan fingerprint density at radius 1 is 1.60 bits per heavy atom. The summed E-state index contributed by atoms with van der Waals surface area (Å²) in [5, 5.41) is 8.69. The third-order valence-corrected chi connectivity index (χ3v) is 2.94. The topological polar surface area (TPSA) is 46.5 Å². The van der Waals surface area contributed by atoms with Gasteiger partial charge in [-0.05, 0) is 30.5 Å². The first-order valence-corrected chi connectivity index (χ1v) is 5.55. The summed E-state index contributed by atoms with van der Waals surface area (Å²) in [5.41, 5.74) is 1.08. The second-order valence-corrected chi connectivity index (χ2v) is 4.30. The van der Waals surface area contributed by atoms with Gasteiger partial charge in [-0.15, -0.1) is 0 Å². The van der Waals surface area contributed by atoms with Crippen molar-refractivity contribution in [2.75, 3.05) is 7.11 Å². The molecule has 0 fully saturated rings. The number of carboxylic acids is 1. The summed E-state index contributed by atoms with van der Waals surface area (Å²) in [6, 6.07) is 7.65. The van der Waals surface area contributed by atoms with E-state index in [2.05, 4.69) is 15.9 Å². The minimum absolute atomic E-state index is 0.483. The molecule has 1 aromatic rings. The maximum absolute atomic E-state index is 10.6. The molecule has 1 N–H and O–H groups in total. The molecule has 0 amide bonds. The zero-order chi connectivity index (χ0) is 11.3. The van der Waals surface area contributed by atoms with Crippen LogP contribution in [0.15, 0.2) is 24.3 Å². The summed E-state index contributed by atoms with van der Waals surface area (Å²) in [6.07, 6.45) is 1.29. The molecule has 0 aliphatic heterocycles. The van der Waals surface area contributed by atoms with Gasteiger partial charge in [0.1, 0.15) is 10.6 Å². The lowest BCUT2D eigenvalue weighted by atomic mass is 10.1. The van der Waals surface area contributed by atoms with Gasteiger partial charge in [-0.2, -0.15) is 0 Å². The quantitative estimate of drug-likeness (QED) is 0.838. The van der Waals surface area contributed by atoms with Crippen LogP contribution in [0.25, 0.3) is 0 Å². The lowest BCUT2D eigenvalue weighted by Gasteiger charge is -2.06. The fourth-order valence-electron chi connectivity index (χ4n) is 1.24. The molecule has 1 aromatic carbocycles. The van der Waals surface area contributed by atoms with Gasteiger partial charge in [0, 0.05) is 0 Å². The van der Waals surface area contributed by atoms with Crippen molar-refractivity contribution in [3.05, 3.63) is 29.8 Å². The van der Waals surface area contributed by atoms with Crippen LogP contribution < -0.4 is 4.74 Å². The number of halogens is 1. The number of ether oxygens (including phenoxy) is 1. The minimum atomic E-state index is -0.821. The highest BCUT2D eigenvalue weighted by molar-refractivity contribution is 9.10. The molecule has 1 atom stereocenters. The van der Waals surface area contributed by atoms with Crippen LogP contribution in [0.2, 0.25) is 0 Å². The van der Waals surface area contributed by atoms with Crippen molar-refractivity contribution in [2.24, 2.45) is 0 Å². The largest absolute Gasteiger partial charge is 0.497 e. The molecule has 15 heavy (non-hydrogen) atoms. The minimum Gasteiger partial charge on any atom is -0.497 e. The maximum Gasteiger partial charge on any atom is 0.317 e. The van der Waals surface area contributed by atoms with Gasteiger partial charge < -0.3 is 9.84 Å². The summed E-state index contributed by atoms with van der Waals surface area (Å²) in [6.45, 7) is 0. The van der Waals surface area contributed by atoms with Crippen LogP contribution in [0.5, 0.6) is 5.75 Å². The van der Waals surface area contributed by atoms with Gasteiger partial charge in [0.05, 0.1) is 7.11 Å². The van der Waals surface area contributed by atoms with Crippen LogP contribution in [0.3, 0.4) is 0 Å². The molecule has 0 radical (unpaired) electrons. The van der Waals surface area contributed by atoms with Crippen molar-refractivity contribution >= 4 is 21.9 Å². The molecule has 0 aliphatic rings. The molecule has 0 saturated carbocycles. The number of carbonyl (C=O) groups is 1. The Balaban J connectivity index is 2.53. The summed E-state index contributed by atoms with van der Waals surface area (Å²) in [5.74, 6) is -0.0214. The Hall–Kier alpha value is -1.03. The number of alkyl halides is 1. The molecule has 0 heterocycles. The van der Waals surface area contributed by atoms with Gasteiger partial charge in [0.15, 0.2) is 0 Å². The average molecular weight is 273 g/mol. The molecule has 0 bridgehead atoms. The van der Waals surface area contributed by atoms with E-state index < -0.39 is 10.8 Å². The standard InChI is InChI=1S/C11H13BrO3/c1-15-9-4-2-3-8(7-9)5-6-10(12)11(13)14/h2-4,7,10H,5-6H2,1H3,(H,13,14). The number of methoxy groups -OCH3 is 1. The van der Waals surface area contributed by atoms with Crippen LogP contribution in [0.4, 0.5) is 0 Å². The van der Waals surface area contributed by atoms with Gasteiger partial charge in [0.25, 0.3) is 0 Å². The molecule has 4 heteroatoms. The summed E-state index contributed by atoms with van der Waals surface area (Å²) in [4.78, 5) is 10.1. The molecule has 0 aromatic heterocycles. The predicted molar refractivity (Wildman–Crippen MR) is 61.7 cm³/mol. The third kappa shape index (κ3) is 3.91. The number of carboxylic acid groups (broad SMARTS) is 1. The maximum atomic E-state index is 10.6. The predicted octanol–water partition coefficient (Wildman–Crippen LogP) is 2.48. The van der Waals surface area contributed by atoms with Gasteiger partial charge in [-0.3, -0.25) is 4.79 Å². The molecule has 3 nitrogen and oxygen atoms in total. The van der Waals surface area contributed by atoms with Crippen LogP contribution in [-0.4, -0.2) is 23.0 Å². The zero-order valence-electron chi connectivity index (χ0n) is 8.44. The van der Waals surface area contributed by atoms with Crippen molar-refractivity contribution in [2.45, 2.75) is 17.7 Å². The Kier molecular flexibility index (Phi) is 4.62. The lowest BCUT2D eigenvalue weighted by molar-refractivity contribution is -0.136. The summed E-state index contributed by atoms with van der Waals surface area (Å²) >= 11 is 3.10. The van der Waals surface area contributed by atoms with Gasteiger partial charge >= 0.3 is 5.97 Å². The molecule has 0 saturated heterocycles. The Morgan fingerprint density at radius 3 is 2.93 bits per heavy atom. The molecular formula is C11H13BrO3. The van der Waals surface area contributed by atoms with E-state index in [1.807, 2.05) is 24.3 Å². The fourth-order valence-corrected chi connectivity index (χ4v) is 1.47. The molecule has 82 valence electrons. The second kappa shape index (κ2) is 5.75. The zero-order valence-corrected chi connectivity index (χ0v) is 10.0. The van der Waals surface area contributed by atoms with Gasteiger partial charge in [-0.1, -0.05) is 28.1 Å². The smallest absolute Gasteiger partial charge is 0.317 e. The second-order valence-electron chi connectivity index (χ2n) is 3.20. The number of hydrogen-bond acceptors (Lipinski definition) is 2. The van der Waals surface area contributed by atoms with E-state index in [0.717, 1.165) is 17.7 Å². The average Bonchev–Trinajstić information content (AvgIpc) is 2.26. The highest BCUT2D eigenvalue weighted by Crippen LogP contribution is 2.16. The number of rotatable bonds is 5. The van der Waals surface area contributed by atoms with E-state index >= 15 is 0 Å². The van der Waals surface area contributed by atoms with Gasteiger partial charge in [0.2, 0.25) is 0 Å². The lowest BCUT2D eigenvalue weighted by Crippen LogP contribution is -2.13. The molecular weight excluding hydrogens is 260 g/mol. The Morgan fingerprint density at radius 2 is 2.33 bits per heavy atom. The third-order valence-electron chi connectivity index (χ3n) is 2.09. The number of benzene rings is 1. The van der Waals surface area contributed by atoms with E-state index in [4.69, 9.17) is 9.84 Å². The SMILES string of the molecule is COc1cccc(CCC(Br)C(=O)O)c1. The van der Waals surface area contributed by atoms with Gasteiger partial charge in [-0.25, -0.2) is 0 Å². The van der Waals surface area contributed by atoms with E-state index in [1.54, 1.807) is 7.11 Å². The number of hydrogen-bond donors (Lipinski definition) is 1. The molecule has 1 unspecified atom stereocenters. The first kappa shape index (κ1) is 12.0. The Labute approximate surface area is 97.2 Å². The highest BCUT2D eigenvalue weighted by Gasteiger charge is 2.12. The van der Waals surface area contributed by atoms with Crippen LogP contribution in [0.1, 0.15) is 12.0 Å². The first-order chi connectivity index (χ1) is 7.13. The molecule has 1 rings (SSSR count). The summed E-state index contributed by atoms with van der Waals surface area (Å²) in [7, 11) is 1.61. The Bertz CT molecular complexity index is 338. The number of aryl methyl sites for hydroxylation is 1. The van der Waals surface area contributed by atoms with Crippen molar-refractivity contribution in [3.63, 3.8) is 0 Å². The number of aliphatic carboxylic acids is 1.